The number of rotatable bonds is 6. The maximum atomic E-state index is 11.7. The van der Waals surface area contributed by atoms with E-state index < -0.39 is 0 Å². The maximum Gasteiger partial charge on any atom is 0.315 e. The van der Waals surface area contributed by atoms with Crippen LogP contribution in [0.5, 0.6) is 0 Å². The third-order valence-electron chi connectivity index (χ3n) is 4.67. The third-order valence-corrected chi connectivity index (χ3v) is 4.67. The van der Waals surface area contributed by atoms with Crippen molar-refractivity contribution in [3.05, 3.63) is 35.9 Å². The van der Waals surface area contributed by atoms with Gasteiger partial charge in [0.25, 0.3) is 0 Å². The number of hydrogen-bond donors (Lipinski definition) is 1. The van der Waals surface area contributed by atoms with E-state index >= 15 is 0 Å². The van der Waals surface area contributed by atoms with Gasteiger partial charge in [-0.05, 0) is 56.4 Å². The SMILES string of the molecule is C[C@H]1CC[C@H](N(CCCCc2ccccc2)C(N)=O)CC1. The highest BCUT2D eigenvalue weighted by Gasteiger charge is 2.25. The molecule has 1 aromatic rings. The smallest absolute Gasteiger partial charge is 0.315 e. The molecular weight excluding hydrogens is 260 g/mol. The molecule has 1 aromatic carbocycles. The van der Waals surface area contributed by atoms with Gasteiger partial charge < -0.3 is 10.6 Å². The molecule has 0 aliphatic heterocycles. The molecule has 0 spiro atoms. The molecule has 1 aliphatic carbocycles. The van der Waals surface area contributed by atoms with Crippen LogP contribution in [0.1, 0.15) is 51.0 Å². The van der Waals surface area contributed by atoms with Crippen molar-refractivity contribution < 1.29 is 4.79 Å². The van der Waals surface area contributed by atoms with Gasteiger partial charge in [-0.1, -0.05) is 37.3 Å². The van der Waals surface area contributed by atoms with Gasteiger partial charge in [-0.25, -0.2) is 4.79 Å². The number of nitrogens with zero attached hydrogens (tertiary/aromatic N) is 1. The number of amides is 2. The number of unbranched alkanes of at least 4 members (excludes halogenated alkanes) is 1. The molecule has 0 saturated heterocycles. The average Bonchev–Trinajstić information content (AvgIpc) is 2.49. The van der Waals surface area contributed by atoms with E-state index in [2.05, 4.69) is 31.2 Å². The third kappa shape index (κ3) is 5.07. The summed E-state index contributed by atoms with van der Waals surface area (Å²) >= 11 is 0. The van der Waals surface area contributed by atoms with E-state index in [1.54, 1.807) is 0 Å². The molecule has 0 radical (unpaired) electrons. The molecule has 1 fully saturated rings. The van der Waals surface area contributed by atoms with Gasteiger partial charge in [0.2, 0.25) is 0 Å². The fourth-order valence-corrected chi connectivity index (χ4v) is 3.28. The predicted molar refractivity (Wildman–Crippen MR) is 87.1 cm³/mol. The highest BCUT2D eigenvalue weighted by molar-refractivity contribution is 5.72. The van der Waals surface area contributed by atoms with Crippen LogP contribution in [0.15, 0.2) is 30.3 Å². The van der Waals surface area contributed by atoms with Crippen LogP contribution < -0.4 is 5.73 Å². The van der Waals surface area contributed by atoms with E-state index in [0.717, 1.165) is 44.6 Å². The molecule has 3 heteroatoms. The lowest BCUT2D eigenvalue weighted by atomic mass is 9.86. The van der Waals surface area contributed by atoms with Gasteiger partial charge in [0.05, 0.1) is 0 Å². The van der Waals surface area contributed by atoms with E-state index in [0.29, 0.717) is 6.04 Å². The van der Waals surface area contributed by atoms with E-state index in [1.807, 2.05) is 11.0 Å². The van der Waals surface area contributed by atoms with Crippen LogP contribution in [0, 0.1) is 5.92 Å². The first-order valence-electron chi connectivity index (χ1n) is 8.27. The first-order chi connectivity index (χ1) is 10.2. The first-order valence-corrected chi connectivity index (χ1v) is 8.27. The van der Waals surface area contributed by atoms with Crippen molar-refractivity contribution in [2.75, 3.05) is 6.54 Å². The number of carbonyl (C=O) groups excluding carboxylic acids is 1. The molecule has 0 aromatic heterocycles. The summed E-state index contributed by atoms with van der Waals surface area (Å²) in [5, 5.41) is 0. The molecule has 21 heavy (non-hydrogen) atoms. The molecule has 0 unspecified atom stereocenters. The van der Waals surface area contributed by atoms with Crippen molar-refractivity contribution >= 4 is 6.03 Å². The Balaban J connectivity index is 1.74. The second-order valence-electron chi connectivity index (χ2n) is 6.39. The summed E-state index contributed by atoms with van der Waals surface area (Å²) in [6.45, 7) is 3.10. The minimum Gasteiger partial charge on any atom is -0.351 e. The van der Waals surface area contributed by atoms with Gasteiger partial charge in [-0.2, -0.15) is 0 Å². The van der Waals surface area contributed by atoms with Gasteiger partial charge in [-0.15, -0.1) is 0 Å². The number of benzene rings is 1. The number of primary amides is 1. The van der Waals surface area contributed by atoms with Crippen LogP contribution in [0.4, 0.5) is 4.79 Å². The van der Waals surface area contributed by atoms with Gasteiger partial charge >= 0.3 is 6.03 Å². The highest BCUT2D eigenvalue weighted by atomic mass is 16.2. The van der Waals surface area contributed by atoms with E-state index in [4.69, 9.17) is 5.73 Å². The Morgan fingerprint density at radius 1 is 1.14 bits per heavy atom. The molecular formula is C18H28N2O. The lowest BCUT2D eigenvalue weighted by Gasteiger charge is -2.35. The van der Waals surface area contributed by atoms with Crippen LogP contribution in [-0.2, 0) is 6.42 Å². The average molecular weight is 288 g/mol. The number of aryl methyl sites for hydroxylation is 1. The molecule has 3 nitrogen and oxygen atoms in total. The Hall–Kier alpha value is -1.51. The zero-order valence-electron chi connectivity index (χ0n) is 13.1. The Kier molecular flexibility index (Phi) is 6.09. The Morgan fingerprint density at radius 3 is 2.43 bits per heavy atom. The minimum atomic E-state index is -0.241. The fraction of sp³-hybridized carbons (Fsp3) is 0.611. The van der Waals surface area contributed by atoms with Crippen LogP contribution >= 0.6 is 0 Å². The first kappa shape index (κ1) is 15.9. The van der Waals surface area contributed by atoms with Crippen molar-refractivity contribution in [2.45, 2.75) is 57.9 Å². The lowest BCUT2D eigenvalue weighted by Crippen LogP contribution is -2.45. The zero-order chi connectivity index (χ0) is 15.1. The standard InChI is InChI=1S/C18H28N2O/c1-15-10-12-17(13-11-15)20(18(19)21)14-6-5-9-16-7-3-2-4-8-16/h2-4,7-8,15,17H,5-6,9-14H2,1H3,(H2,19,21)/t15-,17-. The highest BCUT2D eigenvalue weighted by Crippen LogP contribution is 2.27. The number of carbonyl (C=O) groups is 1. The van der Waals surface area contributed by atoms with Crippen molar-refractivity contribution in [3.8, 4) is 0 Å². The minimum absolute atomic E-state index is 0.241. The van der Waals surface area contributed by atoms with Gasteiger partial charge in [-0.3, -0.25) is 0 Å². The predicted octanol–water partition coefficient (Wildman–Crippen LogP) is 3.97. The Morgan fingerprint density at radius 2 is 1.81 bits per heavy atom. The molecule has 2 rings (SSSR count). The molecule has 0 heterocycles. The van der Waals surface area contributed by atoms with Crippen LogP contribution in [-0.4, -0.2) is 23.5 Å². The largest absolute Gasteiger partial charge is 0.351 e. The van der Waals surface area contributed by atoms with Crippen molar-refractivity contribution in [2.24, 2.45) is 11.7 Å². The maximum absolute atomic E-state index is 11.7. The topological polar surface area (TPSA) is 46.3 Å². The summed E-state index contributed by atoms with van der Waals surface area (Å²) in [5.41, 5.74) is 6.95. The van der Waals surface area contributed by atoms with Crippen molar-refractivity contribution in [3.63, 3.8) is 0 Å². The van der Waals surface area contributed by atoms with Crippen LogP contribution in [0.25, 0.3) is 0 Å². The van der Waals surface area contributed by atoms with Gasteiger partial charge in [0.15, 0.2) is 0 Å². The fourth-order valence-electron chi connectivity index (χ4n) is 3.28. The van der Waals surface area contributed by atoms with E-state index in [-0.39, 0.29) is 6.03 Å². The summed E-state index contributed by atoms with van der Waals surface area (Å²) in [6.07, 6.45) is 7.89. The number of urea groups is 1. The molecule has 0 bridgehead atoms. The Labute approximate surface area is 128 Å². The molecule has 1 saturated carbocycles. The van der Waals surface area contributed by atoms with Crippen LogP contribution in [0.3, 0.4) is 0 Å². The molecule has 1 aliphatic rings. The lowest BCUT2D eigenvalue weighted by molar-refractivity contribution is 0.151. The second kappa shape index (κ2) is 8.06. The van der Waals surface area contributed by atoms with Gasteiger partial charge in [0, 0.05) is 12.6 Å². The number of hydrogen-bond acceptors (Lipinski definition) is 1. The normalized spacial score (nSPS) is 22.0. The summed E-state index contributed by atoms with van der Waals surface area (Å²) in [6, 6.07) is 10.7. The molecule has 0 atom stereocenters. The van der Waals surface area contributed by atoms with Gasteiger partial charge in [0.1, 0.15) is 0 Å². The summed E-state index contributed by atoms with van der Waals surface area (Å²) in [7, 11) is 0. The quantitative estimate of drug-likeness (QED) is 0.791. The van der Waals surface area contributed by atoms with Crippen molar-refractivity contribution in [1.82, 2.24) is 4.90 Å². The van der Waals surface area contributed by atoms with Crippen molar-refractivity contribution in [1.29, 1.82) is 0 Å². The molecule has 2 amide bonds. The zero-order valence-corrected chi connectivity index (χ0v) is 13.1. The summed E-state index contributed by atoms with van der Waals surface area (Å²) < 4.78 is 0. The summed E-state index contributed by atoms with van der Waals surface area (Å²) in [5.74, 6) is 0.800. The van der Waals surface area contributed by atoms with E-state index in [1.165, 1.54) is 18.4 Å². The van der Waals surface area contributed by atoms with Crippen LogP contribution in [0.2, 0.25) is 0 Å². The van der Waals surface area contributed by atoms with E-state index in [9.17, 15) is 4.79 Å². The number of nitrogens with two attached hydrogens (primary N) is 1. The molecule has 2 N–H and O–H groups in total. The molecule has 116 valence electrons. The summed E-state index contributed by atoms with van der Waals surface area (Å²) in [4.78, 5) is 13.6. The Bertz CT molecular complexity index is 424. The monoisotopic (exact) mass is 288 g/mol. The second-order valence-corrected chi connectivity index (χ2v) is 6.39.